The zero-order valence-electron chi connectivity index (χ0n) is 23.8. The molecule has 1 aliphatic heterocycles. The molecule has 14 heteroatoms. The van der Waals surface area contributed by atoms with Crippen molar-refractivity contribution in [2.45, 2.75) is 78.5 Å². The van der Waals surface area contributed by atoms with E-state index in [9.17, 15) is 29.1 Å². The van der Waals surface area contributed by atoms with Crippen LogP contribution in [0.1, 0.15) is 60.3 Å². The van der Waals surface area contributed by atoms with E-state index >= 15 is 0 Å². The Hall–Kier alpha value is -4.04. The number of ketones is 2. The normalized spacial score (nSPS) is 15.2. The summed E-state index contributed by atoms with van der Waals surface area (Å²) in [7, 11) is 0. The first-order valence-electron chi connectivity index (χ1n) is 12.8. The van der Waals surface area contributed by atoms with E-state index in [1.165, 1.54) is 27.7 Å². The van der Waals surface area contributed by atoms with Crippen molar-refractivity contribution in [3.05, 3.63) is 36.7 Å². The number of hydrazone groups is 1. The van der Waals surface area contributed by atoms with E-state index in [0.29, 0.717) is 24.3 Å². The summed E-state index contributed by atoms with van der Waals surface area (Å²) in [6.45, 7) is 14.4. The van der Waals surface area contributed by atoms with Gasteiger partial charge >= 0.3 is 0 Å². The number of allylic oxidation sites excluding steroid dienone is 3. The molecule has 0 aromatic carbocycles. The van der Waals surface area contributed by atoms with Gasteiger partial charge in [0.25, 0.3) is 0 Å². The lowest BCUT2D eigenvalue weighted by atomic mass is 9.83. The molecule has 8 N–H and O–H groups in total. The standard InChI is InChI=1S/C26H42N8O6/c1-8-18(27-9-2)11-10-15(3)12-20(37)26(6,7)25(40)29-19(13-21-31-33-34-32-21)24(39)28-14-22(38)30-23(16(4)35)17(5)36/h8-9,16,19,23,27,33-35H,2-3,10-14H2,1,4-7H3,(H,28,39)(H,29,40)(H,30,38)(H,31,32)/b18-8-/t16-,19+,23+/m1/s1. The molecule has 0 saturated heterocycles. The second kappa shape index (κ2) is 16.2. The van der Waals surface area contributed by atoms with Crippen LogP contribution in [0.2, 0.25) is 0 Å². The Morgan fingerprint density at radius 2 is 1.82 bits per heavy atom. The number of aliphatic hydroxyl groups excluding tert-OH is 1. The molecule has 222 valence electrons. The molecule has 1 aliphatic rings. The molecule has 1 heterocycles. The number of hydrazine groups is 2. The molecule has 0 saturated carbocycles. The predicted octanol–water partition coefficient (Wildman–Crippen LogP) is -0.683. The van der Waals surface area contributed by atoms with E-state index in [1.54, 1.807) is 6.20 Å². The zero-order chi connectivity index (χ0) is 30.5. The molecule has 3 atom stereocenters. The lowest BCUT2D eigenvalue weighted by Gasteiger charge is -2.26. The monoisotopic (exact) mass is 562 g/mol. The SMILES string of the molecule is C=CN/C(=C\C)CCC(=C)CC(=O)C(C)(C)C(=O)N[C@@H](CC1=NNNN1)C(=O)NCC(=O)N[C@H](C(C)=O)[C@@H](C)O. The number of carbonyl (C=O) groups is 5. The summed E-state index contributed by atoms with van der Waals surface area (Å²) in [6, 6.07) is -2.33. The maximum absolute atomic E-state index is 13.2. The van der Waals surface area contributed by atoms with Gasteiger partial charge in [0.15, 0.2) is 11.6 Å². The predicted molar refractivity (Wildman–Crippen MR) is 150 cm³/mol. The highest BCUT2D eigenvalue weighted by Crippen LogP contribution is 2.23. The molecule has 0 bridgehead atoms. The van der Waals surface area contributed by atoms with Gasteiger partial charge in [-0.3, -0.25) is 29.4 Å². The minimum atomic E-state index is -1.49. The molecule has 0 fully saturated rings. The van der Waals surface area contributed by atoms with E-state index in [0.717, 1.165) is 5.70 Å². The number of amidine groups is 1. The summed E-state index contributed by atoms with van der Waals surface area (Å²) in [5, 5.41) is 23.9. The number of rotatable bonds is 18. The number of nitrogens with one attached hydrogen (secondary N) is 7. The van der Waals surface area contributed by atoms with Crippen molar-refractivity contribution >= 4 is 35.1 Å². The second-order valence-corrected chi connectivity index (χ2v) is 9.90. The lowest BCUT2D eigenvalue weighted by molar-refractivity contribution is -0.141. The Morgan fingerprint density at radius 1 is 1.15 bits per heavy atom. The first kappa shape index (κ1) is 34.0. The van der Waals surface area contributed by atoms with Gasteiger partial charge in [-0.15, -0.1) is 10.6 Å². The van der Waals surface area contributed by atoms with Gasteiger partial charge in [-0.25, -0.2) is 5.53 Å². The third-order valence-electron chi connectivity index (χ3n) is 6.19. The second-order valence-electron chi connectivity index (χ2n) is 9.90. The number of nitrogens with zero attached hydrogens (tertiary/aromatic N) is 1. The summed E-state index contributed by atoms with van der Waals surface area (Å²) < 4.78 is 0. The molecule has 0 radical (unpaired) electrons. The van der Waals surface area contributed by atoms with Crippen molar-refractivity contribution in [1.82, 2.24) is 37.8 Å². The van der Waals surface area contributed by atoms with Gasteiger partial charge in [0.05, 0.1) is 12.6 Å². The minimum Gasteiger partial charge on any atom is -0.391 e. The number of aliphatic hydroxyl groups is 1. The fourth-order valence-electron chi connectivity index (χ4n) is 3.54. The van der Waals surface area contributed by atoms with Gasteiger partial charge in [-0.05, 0) is 53.7 Å². The van der Waals surface area contributed by atoms with Crippen molar-refractivity contribution in [3.8, 4) is 0 Å². The summed E-state index contributed by atoms with van der Waals surface area (Å²) in [5.74, 6) is -2.66. The summed E-state index contributed by atoms with van der Waals surface area (Å²) in [6.07, 6.45) is 3.37. The highest BCUT2D eigenvalue weighted by molar-refractivity contribution is 6.07. The lowest BCUT2D eigenvalue weighted by Crippen LogP contribution is -2.55. The van der Waals surface area contributed by atoms with E-state index in [2.05, 4.69) is 56.0 Å². The van der Waals surface area contributed by atoms with Gasteiger partial charge in [0.2, 0.25) is 17.7 Å². The fourth-order valence-corrected chi connectivity index (χ4v) is 3.54. The molecular formula is C26H42N8O6. The van der Waals surface area contributed by atoms with E-state index in [4.69, 9.17) is 0 Å². The van der Waals surface area contributed by atoms with Crippen LogP contribution in [0.3, 0.4) is 0 Å². The zero-order valence-corrected chi connectivity index (χ0v) is 23.8. The average Bonchev–Trinajstić information content (AvgIpc) is 3.40. The third-order valence-corrected chi connectivity index (χ3v) is 6.19. The Balaban J connectivity index is 2.86. The first-order valence-corrected chi connectivity index (χ1v) is 12.8. The van der Waals surface area contributed by atoms with Gasteiger partial charge in [0, 0.05) is 18.5 Å². The van der Waals surface area contributed by atoms with E-state index in [1.807, 2.05) is 13.0 Å². The molecule has 0 aromatic rings. The minimum absolute atomic E-state index is 0.0226. The van der Waals surface area contributed by atoms with Crippen molar-refractivity contribution in [2.75, 3.05) is 6.54 Å². The summed E-state index contributed by atoms with van der Waals surface area (Å²) in [5.41, 5.74) is 7.73. The topological polar surface area (TPSA) is 202 Å². The molecular weight excluding hydrogens is 520 g/mol. The fraction of sp³-hybridized carbons (Fsp3) is 0.538. The van der Waals surface area contributed by atoms with Crippen LogP contribution >= 0.6 is 0 Å². The molecule has 0 aromatic heterocycles. The first-order chi connectivity index (χ1) is 18.7. The number of carbonyl (C=O) groups excluding carboxylic acids is 5. The molecule has 0 aliphatic carbocycles. The van der Waals surface area contributed by atoms with Crippen LogP contribution < -0.4 is 37.8 Å². The molecule has 14 nitrogen and oxygen atoms in total. The number of amides is 3. The third kappa shape index (κ3) is 11.0. The number of Topliss-reactive ketones (excluding diaryl/α,β-unsaturated/α-hetero) is 2. The Kier molecular flexibility index (Phi) is 13.7. The maximum atomic E-state index is 13.2. The van der Waals surface area contributed by atoms with Crippen LogP contribution in [0, 0.1) is 5.41 Å². The number of hydrogen-bond donors (Lipinski definition) is 8. The van der Waals surface area contributed by atoms with E-state index in [-0.39, 0.29) is 18.6 Å². The average molecular weight is 563 g/mol. The summed E-state index contributed by atoms with van der Waals surface area (Å²) >= 11 is 0. The largest absolute Gasteiger partial charge is 0.391 e. The maximum Gasteiger partial charge on any atom is 0.243 e. The smallest absolute Gasteiger partial charge is 0.243 e. The van der Waals surface area contributed by atoms with E-state index < -0.39 is 53.7 Å². The molecule has 0 spiro atoms. The van der Waals surface area contributed by atoms with Crippen molar-refractivity contribution in [2.24, 2.45) is 10.5 Å². The van der Waals surface area contributed by atoms with Crippen LogP contribution in [0.15, 0.2) is 41.8 Å². The van der Waals surface area contributed by atoms with Crippen LogP contribution in [-0.2, 0) is 24.0 Å². The number of hydrogen-bond acceptors (Lipinski definition) is 11. The molecule has 40 heavy (non-hydrogen) atoms. The van der Waals surface area contributed by atoms with Gasteiger partial charge in [0.1, 0.15) is 23.3 Å². The highest BCUT2D eigenvalue weighted by atomic mass is 16.3. The molecule has 1 rings (SSSR count). The Labute approximate surface area is 234 Å². The Morgan fingerprint density at radius 3 is 2.35 bits per heavy atom. The van der Waals surface area contributed by atoms with Crippen molar-refractivity contribution in [1.29, 1.82) is 0 Å². The summed E-state index contributed by atoms with van der Waals surface area (Å²) in [4.78, 5) is 63.1. The van der Waals surface area contributed by atoms with Gasteiger partial charge < -0.3 is 26.4 Å². The van der Waals surface area contributed by atoms with Crippen LogP contribution in [-0.4, -0.2) is 65.0 Å². The van der Waals surface area contributed by atoms with Crippen LogP contribution in [0.4, 0.5) is 0 Å². The molecule has 3 amide bonds. The van der Waals surface area contributed by atoms with Gasteiger partial charge in [-0.2, -0.15) is 0 Å². The Bertz CT molecular complexity index is 1050. The highest BCUT2D eigenvalue weighted by Gasteiger charge is 2.38. The molecule has 0 unspecified atom stereocenters. The van der Waals surface area contributed by atoms with Gasteiger partial charge in [-0.1, -0.05) is 24.8 Å². The van der Waals surface area contributed by atoms with Crippen LogP contribution in [0.25, 0.3) is 0 Å². The van der Waals surface area contributed by atoms with Crippen molar-refractivity contribution < 1.29 is 29.1 Å². The van der Waals surface area contributed by atoms with Crippen molar-refractivity contribution in [3.63, 3.8) is 0 Å². The van der Waals surface area contributed by atoms with Crippen LogP contribution in [0.5, 0.6) is 0 Å². The quantitative estimate of drug-likeness (QED) is 0.0781.